The van der Waals surface area contributed by atoms with Crippen LogP contribution in [0.3, 0.4) is 0 Å². The minimum absolute atomic E-state index is 0.0986. The lowest BCUT2D eigenvalue weighted by molar-refractivity contribution is 0.110. The summed E-state index contributed by atoms with van der Waals surface area (Å²) in [6.45, 7) is 0. The summed E-state index contributed by atoms with van der Waals surface area (Å²) < 4.78 is 24.8. The van der Waals surface area contributed by atoms with Crippen molar-refractivity contribution in [2.24, 2.45) is 0 Å². The smallest absolute Gasteiger partial charge is 0.265 e. The molecule has 2 nitrogen and oxygen atoms in total. The monoisotopic (exact) mass is 218 g/mol. The highest BCUT2D eigenvalue weighted by molar-refractivity contribution is 6.32. The van der Waals surface area contributed by atoms with E-state index in [2.05, 4.69) is 0 Å². The first kappa shape index (κ1) is 10.8. The van der Waals surface area contributed by atoms with Gasteiger partial charge in [0.05, 0.1) is 5.02 Å². The molecule has 1 aromatic rings. The maximum atomic E-state index is 12.4. The van der Waals surface area contributed by atoms with Crippen LogP contribution < -0.4 is 0 Å². The Morgan fingerprint density at radius 1 is 1.21 bits per heavy atom. The lowest BCUT2D eigenvalue weighted by Crippen LogP contribution is -1.97. The highest BCUT2D eigenvalue weighted by Crippen LogP contribution is 2.30. The molecule has 1 rings (SSSR count). The maximum Gasteiger partial charge on any atom is 0.265 e. The Labute approximate surface area is 83.5 Å². The Morgan fingerprint density at radius 3 is 2.29 bits per heavy atom. The predicted octanol–water partition coefficient (Wildman–Crippen LogP) is 2.90. The third-order valence-corrected chi connectivity index (χ3v) is 1.98. The highest BCUT2D eigenvalue weighted by Gasteiger charge is 2.17. The number of hydrogen-bond donors (Lipinski definition) is 0. The van der Waals surface area contributed by atoms with E-state index in [-0.39, 0.29) is 22.4 Å². The van der Waals surface area contributed by atoms with Gasteiger partial charge in [0, 0.05) is 16.7 Å². The SMILES string of the molecule is O=Cc1cc(Cl)c(C(F)F)c(C=O)c1. The van der Waals surface area contributed by atoms with Crippen LogP contribution in [0, 0.1) is 0 Å². The molecule has 0 atom stereocenters. The number of halogens is 3. The maximum absolute atomic E-state index is 12.4. The van der Waals surface area contributed by atoms with Crippen LogP contribution in [0.25, 0.3) is 0 Å². The molecule has 0 aliphatic carbocycles. The Kier molecular flexibility index (Phi) is 3.30. The van der Waals surface area contributed by atoms with E-state index < -0.39 is 12.0 Å². The van der Waals surface area contributed by atoms with Crippen molar-refractivity contribution in [2.45, 2.75) is 6.43 Å². The zero-order valence-corrected chi connectivity index (χ0v) is 7.59. The Morgan fingerprint density at radius 2 is 1.86 bits per heavy atom. The summed E-state index contributed by atoms with van der Waals surface area (Å²) in [7, 11) is 0. The van der Waals surface area contributed by atoms with Gasteiger partial charge in [-0.2, -0.15) is 0 Å². The van der Waals surface area contributed by atoms with Gasteiger partial charge in [-0.1, -0.05) is 11.6 Å². The second kappa shape index (κ2) is 4.28. The molecule has 0 bridgehead atoms. The van der Waals surface area contributed by atoms with Crippen molar-refractivity contribution in [3.63, 3.8) is 0 Å². The predicted molar refractivity (Wildman–Crippen MR) is 47.2 cm³/mol. The molecule has 0 aliphatic rings. The zero-order chi connectivity index (χ0) is 10.7. The molecule has 0 unspecified atom stereocenters. The van der Waals surface area contributed by atoms with Gasteiger partial charge in [-0.15, -0.1) is 0 Å². The number of carbonyl (C=O) groups is 2. The van der Waals surface area contributed by atoms with Gasteiger partial charge < -0.3 is 0 Å². The van der Waals surface area contributed by atoms with Gasteiger partial charge in [0.1, 0.15) is 6.29 Å². The molecule has 74 valence electrons. The minimum atomic E-state index is -2.83. The largest absolute Gasteiger partial charge is 0.298 e. The molecule has 0 N–H and O–H groups in total. The number of aldehydes is 2. The van der Waals surface area contributed by atoms with E-state index in [4.69, 9.17) is 11.6 Å². The molecule has 0 aliphatic heterocycles. The lowest BCUT2D eigenvalue weighted by atomic mass is 10.1. The molecule has 0 saturated heterocycles. The van der Waals surface area contributed by atoms with E-state index in [0.29, 0.717) is 6.29 Å². The van der Waals surface area contributed by atoms with Crippen molar-refractivity contribution in [3.8, 4) is 0 Å². The fraction of sp³-hybridized carbons (Fsp3) is 0.111. The summed E-state index contributed by atoms with van der Waals surface area (Å²) in [5.74, 6) is 0. The van der Waals surface area contributed by atoms with Gasteiger partial charge >= 0.3 is 0 Å². The van der Waals surface area contributed by atoms with Gasteiger partial charge in [0.15, 0.2) is 6.29 Å². The van der Waals surface area contributed by atoms with Crippen LogP contribution >= 0.6 is 11.6 Å². The summed E-state index contributed by atoms with van der Waals surface area (Å²) in [5.41, 5.74) is -0.691. The molecule has 14 heavy (non-hydrogen) atoms. The van der Waals surface area contributed by atoms with Crippen LogP contribution in [0.5, 0.6) is 0 Å². The Hall–Kier alpha value is -1.29. The first-order valence-electron chi connectivity index (χ1n) is 3.62. The Bertz CT molecular complexity index is 377. The van der Waals surface area contributed by atoms with E-state index >= 15 is 0 Å². The molecule has 1 aromatic carbocycles. The molecule has 5 heteroatoms. The number of rotatable bonds is 3. The number of carbonyl (C=O) groups excluding carboxylic acids is 2. The third kappa shape index (κ3) is 1.96. The average Bonchev–Trinajstić information content (AvgIpc) is 2.15. The Balaban J connectivity index is 3.41. The molecule has 0 aromatic heterocycles. The zero-order valence-electron chi connectivity index (χ0n) is 6.84. The topological polar surface area (TPSA) is 34.1 Å². The van der Waals surface area contributed by atoms with Crippen LogP contribution in [-0.2, 0) is 0 Å². The van der Waals surface area contributed by atoms with Gasteiger partial charge in [0.2, 0.25) is 0 Å². The second-order valence-corrected chi connectivity index (χ2v) is 2.95. The van der Waals surface area contributed by atoms with E-state index in [1.165, 1.54) is 0 Å². The van der Waals surface area contributed by atoms with Crippen molar-refractivity contribution < 1.29 is 18.4 Å². The molecular weight excluding hydrogens is 214 g/mol. The first-order chi connectivity index (χ1) is 6.60. The molecule has 0 saturated carbocycles. The van der Waals surface area contributed by atoms with Crippen molar-refractivity contribution in [1.29, 1.82) is 0 Å². The third-order valence-electron chi connectivity index (χ3n) is 1.67. The standard InChI is InChI=1S/C9H5ClF2O2/c10-7-2-5(3-13)1-6(4-14)8(7)9(11)12/h1-4,9H. The highest BCUT2D eigenvalue weighted by atomic mass is 35.5. The van der Waals surface area contributed by atoms with Gasteiger partial charge in [-0.05, 0) is 12.1 Å². The van der Waals surface area contributed by atoms with E-state index in [9.17, 15) is 18.4 Å². The van der Waals surface area contributed by atoms with Crippen molar-refractivity contribution in [3.05, 3.63) is 33.8 Å². The van der Waals surface area contributed by atoms with Crippen molar-refractivity contribution in [1.82, 2.24) is 0 Å². The minimum Gasteiger partial charge on any atom is -0.298 e. The second-order valence-electron chi connectivity index (χ2n) is 2.54. The number of benzene rings is 1. The average molecular weight is 219 g/mol. The fourth-order valence-corrected chi connectivity index (χ4v) is 1.37. The number of alkyl halides is 2. The number of hydrogen-bond acceptors (Lipinski definition) is 2. The molecule has 0 spiro atoms. The summed E-state index contributed by atoms with van der Waals surface area (Å²) in [4.78, 5) is 20.8. The first-order valence-corrected chi connectivity index (χ1v) is 4.00. The van der Waals surface area contributed by atoms with Crippen molar-refractivity contribution >= 4 is 24.2 Å². The van der Waals surface area contributed by atoms with Crippen LogP contribution in [-0.4, -0.2) is 12.6 Å². The van der Waals surface area contributed by atoms with Gasteiger partial charge in [-0.25, -0.2) is 8.78 Å². The molecule has 0 heterocycles. The van der Waals surface area contributed by atoms with Crippen LogP contribution in [0.15, 0.2) is 12.1 Å². The summed E-state index contributed by atoms with van der Waals surface area (Å²) in [6, 6.07) is 2.18. The van der Waals surface area contributed by atoms with Crippen LogP contribution in [0.4, 0.5) is 8.78 Å². The molecule has 0 fully saturated rings. The summed E-state index contributed by atoms with van der Waals surface area (Å²) in [5, 5.41) is -0.272. The lowest BCUT2D eigenvalue weighted by Gasteiger charge is -2.06. The summed E-state index contributed by atoms with van der Waals surface area (Å²) >= 11 is 5.49. The normalized spacial score (nSPS) is 10.3. The van der Waals surface area contributed by atoms with E-state index in [0.717, 1.165) is 12.1 Å². The van der Waals surface area contributed by atoms with Crippen LogP contribution in [0.1, 0.15) is 32.7 Å². The fourth-order valence-electron chi connectivity index (χ4n) is 1.06. The quantitative estimate of drug-likeness (QED) is 0.731. The van der Waals surface area contributed by atoms with E-state index in [1.54, 1.807) is 0 Å². The molecule has 0 radical (unpaired) electrons. The summed E-state index contributed by atoms with van der Waals surface area (Å²) in [6.07, 6.45) is -2.14. The van der Waals surface area contributed by atoms with Gasteiger partial charge in [-0.3, -0.25) is 9.59 Å². The van der Waals surface area contributed by atoms with Crippen LogP contribution in [0.2, 0.25) is 5.02 Å². The van der Waals surface area contributed by atoms with Crippen molar-refractivity contribution in [2.75, 3.05) is 0 Å². The molecular formula is C9H5ClF2O2. The molecule has 0 amide bonds. The van der Waals surface area contributed by atoms with Gasteiger partial charge in [0.25, 0.3) is 6.43 Å². The van der Waals surface area contributed by atoms with E-state index in [1.807, 2.05) is 0 Å².